The fraction of sp³-hybridized carbons (Fsp3) is 0.524. The Hall–Kier alpha value is -1.62. The summed E-state index contributed by atoms with van der Waals surface area (Å²) < 4.78 is 26.0. The van der Waals surface area contributed by atoms with E-state index in [2.05, 4.69) is 51.9 Å². The van der Waals surface area contributed by atoms with Gasteiger partial charge in [0.15, 0.2) is 15.6 Å². The number of fused-ring (bicyclic) bond motifs is 1. The number of halogens is 2. The maximum absolute atomic E-state index is 11.7. The van der Waals surface area contributed by atoms with Gasteiger partial charge in [0.1, 0.15) is 5.52 Å². The van der Waals surface area contributed by atoms with Gasteiger partial charge in [-0.25, -0.2) is 18.2 Å². The molecule has 1 aromatic carbocycles. The molecule has 2 aliphatic rings. The molecule has 0 bridgehead atoms. The van der Waals surface area contributed by atoms with Gasteiger partial charge < -0.3 is 4.84 Å². The molecule has 0 N–H and O–H groups in total. The Morgan fingerprint density at radius 2 is 1.94 bits per heavy atom. The molecule has 1 aromatic heterocycles. The second-order valence-electron chi connectivity index (χ2n) is 9.46. The van der Waals surface area contributed by atoms with Gasteiger partial charge in [0.2, 0.25) is 0 Å². The van der Waals surface area contributed by atoms with Crippen LogP contribution in [0.15, 0.2) is 39.5 Å². The largest absolute Gasteiger partial charge is 0.378 e. The number of aromatic nitrogens is 3. The maximum atomic E-state index is 11.7. The number of hydroxylamine groups is 2. The van der Waals surface area contributed by atoms with Crippen molar-refractivity contribution < 1.29 is 13.3 Å². The smallest absolute Gasteiger partial charge is 0.171 e. The van der Waals surface area contributed by atoms with Crippen LogP contribution in [0.1, 0.15) is 20.8 Å². The molecule has 0 atom stereocenters. The van der Waals surface area contributed by atoms with Crippen LogP contribution in [0.2, 0.25) is 0 Å². The molecule has 174 valence electrons. The summed E-state index contributed by atoms with van der Waals surface area (Å²) in [5, 5.41) is 10.9. The molecule has 0 saturated carbocycles. The van der Waals surface area contributed by atoms with Gasteiger partial charge in [-0.2, -0.15) is 0 Å². The number of rotatable bonds is 5. The van der Waals surface area contributed by atoms with E-state index in [9.17, 15) is 8.42 Å². The van der Waals surface area contributed by atoms with Crippen LogP contribution in [0, 0.1) is 5.41 Å². The fourth-order valence-electron chi connectivity index (χ4n) is 3.76. The van der Waals surface area contributed by atoms with Gasteiger partial charge in [0.05, 0.1) is 39.3 Å². The van der Waals surface area contributed by atoms with Crippen molar-refractivity contribution >= 4 is 48.4 Å². The minimum absolute atomic E-state index is 0.0822. The van der Waals surface area contributed by atoms with E-state index in [0.29, 0.717) is 37.0 Å². The Balaban J connectivity index is 1.46. The van der Waals surface area contributed by atoms with Crippen molar-refractivity contribution in [2.75, 3.05) is 37.7 Å². The molecule has 1 fully saturated rings. The van der Waals surface area contributed by atoms with Gasteiger partial charge in [-0.05, 0) is 45.1 Å². The minimum atomic E-state index is -2.90. The highest BCUT2D eigenvalue weighted by Crippen LogP contribution is 2.34. The zero-order chi connectivity index (χ0) is 23.1. The molecule has 8 nitrogen and oxygen atoms in total. The molecular formula is C21H27BrClN5O3S. The highest BCUT2D eigenvalue weighted by Gasteiger charge is 2.24. The van der Waals surface area contributed by atoms with Crippen molar-refractivity contribution in [3.05, 3.63) is 39.5 Å². The first-order valence-corrected chi connectivity index (χ1v) is 13.4. The number of benzene rings is 1. The first-order chi connectivity index (χ1) is 15.0. The van der Waals surface area contributed by atoms with Crippen molar-refractivity contribution in [2.24, 2.45) is 5.41 Å². The second kappa shape index (κ2) is 8.96. The third-order valence-corrected chi connectivity index (χ3v) is 7.84. The molecule has 32 heavy (non-hydrogen) atoms. The molecule has 0 aliphatic carbocycles. The zero-order valence-electron chi connectivity index (χ0n) is 18.4. The second-order valence-corrected chi connectivity index (χ2v) is 13.0. The van der Waals surface area contributed by atoms with E-state index >= 15 is 0 Å². The van der Waals surface area contributed by atoms with Crippen LogP contribution in [0.3, 0.4) is 0 Å². The lowest BCUT2D eigenvalue weighted by Crippen LogP contribution is -2.42. The Kier molecular flexibility index (Phi) is 6.59. The molecule has 4 rings (SSSR count). The highest BCUT2D eigenvalue weighted by molar-refractivity contribution is 9.10. The average molecular weight is 545 g/mol. The van der Waals surface area contributed by atoms with Crippen LogP contribution >= 0.6 is 27.5 Å². The molecule has 0 spiro atoms. The van der Waals surface area contributed by atoms with Gasteiger partial charge in [-0.3, -0.25) is 4.90 Å². The lowest BCUT2D eigenvalue weighted by Gasteiger charge is -2.31. The molecule has 0 unspecified atom stereocenters. The molecule has 2 aromatic rings. The summed E-state index contributed by atoms with van der Waals surface area (Å²) in [5.74, 6) is 1.02. The number of hydrogen-bond donors (Lipinski definition) is 0. The maximum Gasteiger partial charge on any atom is 0.171 e. The molecule has 0 amide bonds. The van der Waals surface area contributed by atoms with Crippen molar-refractivity contribution in [3.63, 3.8) is 0 Å². The molecule has 3 heterocycles. The Morgan fingerprint density at radius 1 is 1.22 bits per heavy atom. The van der Waals surface area contributed by atoms with E-state index < -0.39 is 9.84 Å². The Bertz CT molecular complexity index is 1170. The summed E-state index contributed by atoms with van der Waals surface area (Å²) in [4.78, 5) is 8.26. The van der Waals surface area contributed by atoms with Crippen molar-refractivity contribution in [2.45, 2.75) is 27.3 Å². The van der Waals surface area contributed by atoms with E-state index in [1.54, 1.807) is 11.3 Å². The third-order valence-electron chi connectivity index (χ3n) is 5.26. The molecule has 2 aliphatic heterocycles. The number of allylic oxidation sites excluding steroid dienone is 2. The summed E-state index contributed by atoms with van der Waals surface area (Å²) in [6.07, 6.45) is 3.65. The van der Waals surface area contributed by atoms with Gasteiger partial charge in [0, 0.05) is 26.2 Å². The number of nitrogens with zero attached hydrogens (tertiary/aromatic N) is 5. The lowest BCUT2D eigenvalue weighted by atomic mass is 9.97. The van der Waals surface area contributed by atoms with Crippen LogP contribution in [0.4, 0.5) is 0 Å². The van der Waals surface area contributed by atoms with Crippen molar-refractivity contribution in [3.8, 4) is 5.75 Å². The summed E-state index contributed by atoms with van der Waals surface area (Å²) in [6.45, 7) is 9.49. The topological polar surface area (TPSA) is 80.6 Å². The van der Waals surface area contributed by atoms with Crippen LogP contribution in [-0.2, 0) is 16.4 Å². The molecule has 11 heteroatoms. The van der Waals surface area contributed by atoms with E-state index in [1.165, 1.54) is 0 Å². The standard InChI is InChI=1S/C21H27BrClN5O3S/c1-21(2,3)14-28-17-4-5-18(19(22)20(17)24-25-28)31-27-12-15(10-16(23)13-27)11-26-6-8-32(29,30)9-7-26/h4-5,10,13H,6-9,11-12,14H2,1-3H3. The Labute approximate surface area is 201 Å². The van der Waals surface area contributed by atoms with Crippen LogP contribution < -0.4 is 4.84 Å². The normalized spacial score (nSPS) is 19.7. The summed E-state index contributed by atoms with van der Waals surface area (Å²) in [5.41, 5.74) is 2.82. The van der Waals surface area contributed by atoms with E-state index in [4.69, 9.17) is 16.4 Å². The lowest BCUT2D eigenvalue weighted by molar-refractivity contribution is -0.00167. The van der Waals surface area contributed by atoms with E-state index in [1.807, 2.05) is 22.9 Å². The first-order valence-electron chi connectivity index (χ1n) is 10.4. The number of hydrogen-bond acceptors (Lipinski definition) is 7. The highest BCUT2D eigenvalue weighted by atomic mass is 79.9. The molecule has 1 saturated heterocycles. The van der Waals surface area contributed by atoms with Gasteiger partial charge in [-0.15, -0.1) is 5.10 Å². The summed E-state index contributed by atoms with van der Waals surface area (Å²) >= 11 is 9.97. The average Bonchev–Trinajstić information content (AvgIpc) is 3.07. The first kappa shape index (κ1) is 23.5. The molecule has 0 radical (unpaired) electrons. The van der Waals surface area contributed by atoms with E-state index in [0.717, 1.165) is 27.6 Å². The van der Waals surface area contributed by atoms with Crippen LogP contribution in [-0.4, -0.2) is 71.1 Å². The van der Waals surface area contributed by atoms with Crippen molar-refractivity contribution in [1.29, 1.82) is 0 Å². The van der Waals surface area contributed by atoms with Crippen molar-refractivity contribution in [1.82, 2.24) is 25.0 Å². The van der Waals surface area contributed by atoms with Gasteiger partial charge >= 0.3 is 0 Å². The third kappa shape index (κ3) is 5.65. The summed E-state index contributed by atoms with van der Waals surface area (Å²) in [7, 11) is -2.90. The summed E-state index contributed by atoms with van der Waals surface area (Å²) in [6, 6.07) is 3.85. The quantitative estimate of drug-likeness (QED) is 0.569. The van der Waals surface area contributed by atoms with Gasteiger partial charge in [-0.1, -0.05) is 37.6 Å². The predicted octanol–water partition coefficient (Wildman–Crippen LogP) is 3.59. The predicted molar refractivity (Wildman–Crippen MR) is 129 cm³/mol. The van der Waals surface area contributed by atoms with E-state index in [-0.39, 0.29) is 16.9 Å². The monoisotopic (exact) mass is 543 g/mol. The fourth-order valence-corrected chi connectivity index (χ4v) is 5.79. The Morgan fingerprint density at radius 3 is 2.62 bits per heavy atom. The minimum Gasteiger partial charge on any atom is -0.378 e. The number of sulfone groups is 1. The van der Waals surface area contributed by atoms with Crippen LogP contribution in [0.5, 0.6) is 5.75 Å². The SMILES string of the molecule is CC(C)(C)Cn1nnc2c(Br)c(ON3C=C(Cl)C=C(CN4CCS(=O)(=O)CC4)C3)ccc21. The molecular weight excluding hydrogens is 518 g/mol. The van der Waals surface area contributed by atoms with Crippen LogP contribution in [0.25, 0.3) is 11.0 Å². The zero-order valence-corrected chi connectivity index (χ0v) is 21.5. The van der Waals surface area contributed by atoms with Gasteiger partial charge in [0.25, 0.3) is 0 Å².